The number of nitrogens with zero attached hydrogens (tertiary/aromatic N) is 3. The summed E-state index contributed by atoms with van der Waals surface area (Å²) in [5, 5.41) is 3.78. The number of imidazole rings is 1. The van der Waals surface area contributed by atoms with E-state index in [9.17, 15) is 4.79 Å². The van der Waals surface area contributed by atoms with Gasteiger partial charge in [0.05, 0.1) is 19.0 Å². The summed E-state index contributed by atoms with van der Waals surface area (Å²) < 4.78 is 6.98. The van der Waals surface area contributed by atoms with Crippen molar-refractivity contribution < 1.29 is 9.53 Å². The molecule has 0 fully saturated rings. The fraction of sp³-hybridized carbons (Fsp3) is 0.0556. The third kappa shape index (κ3) is 2.94. The van der Waals surface area contributed by atoms with Crippen LogP contribution in [-0.4, -0.2) is 32.5 Å². The minimum atomic E-state index is -0.229. The van der Waals surface area contributed by atoms with Crippen LogP contribution < -0.4 is 10.1 Å². The van der Waals surface area contributed by atoms with E-state index in [0.29, 0.717) is 11.4 Å². The largest absolute Gasteiger partial charge is 0.497 e. The van der Waals surface area contributed by atoms with Crippen LogP contribution in [0.3, 0.4) is 0 Å². The molecule has 0 aliphatic carbocycles. The maximum Gasteiger partial charge on any atom is 0.272 e. The molecule has 124 valence electrons. The van der Waals surface area contributed by atoms with E-state index in [1.54, 1.807) is 48.7 Å². The minimum absolute atomic E-state index is 0.229. The van der Waals surface area contributed by atoms with Gasteiger partial charge in [-0.25, -0.2) is 9.97 Å². The predicted octanol–water partition coefficient (Wildman–Crippen LogP) is 3.01. The average molecular weight is 333 g/mol. The number of fused-ring (bicyclic) bond motifs is 1. The van der Waals surface area contributed by atoms with Gasteiger partial charge >= 0.3 is 0 Å². The third-order valence-corrected chi connectivity index (χ3v) is 3.85. The van der Waals surface area contributed by atoms with E-state index >= 15 is 0 Å². The number of H-pyrrole nitrogens is 1. The number of aromatic nitrogens is 4. The van der Waals surface area contributed by atoms with Crippen molar-refractivity contribution in [3.8, 4) is 11.6 Å². The topological polar surface area (TPSA) is 84.8 Å². The zero-order valence-electron chi connectivity index (χ0n) is 13.4. The molecule has 1 aromatic carbocycles. The first-order chi connectivity index (χ1) is 12.2. The zero-order valence-corrected chi connectivity index (χ0v) is 13.4. The van der Waals surface area contributed by atoms with Gasteiger partial charge in [-0.3, -0.25) is 9.36 Å². The fourth-order valence-electron chi connectivity index (χ4n) is 2.56. The summed E-state index contributed by atoms with van der Waals surface area (Å²) >= 11 is 0. The highest BCUT2D eigenvalue weighted by Gasteiger charge is 2.11. The molecule has 0 saturated heterocycles. The number of nitrogens with one attached hydrogen (secondary N) is 2. The van der Waals surface area contributed by atoms with Crippen LogP contribution in [0.25, 0.3) is 16.7 Å². The van der Waals surface area contributed by atoms with Crippen molar-refractivity contribution in [2.75, 3.05) is 12.4 Å². The Morgan fingerprint density at radius 1 is 1.24 bits per heavy atom. The first-order valence-electron chi connectivity index (χ1n) is 7.65. The second-order valence-electron chi connectivity index (χ2n) is 5.47. The number of benzene rings is 1. The molecule has 1 amide bonds. The number of methoxy groups -OCH3 is 1. The molecular weight excluding hydrogens is 318 g/mol. The Morgan fingerprint density at radius 2 is 2.16 bits per heavy atom. The van der Waals surface area contributed by atoms with Crippen LogP contribution in [0.15, 0.2) is 61.3 Å². The number of hydrogen-bond donors (Lipinski definition) is 2. The minimum Gasteiger partial charge on any atom is -0.497 e. The Hall–Kier alpha value is -3.61. The van der Waals surface area contributed by atoms with Crippen LogP contribution in [0.5, 0.6) is 5.75 Å². The van der Waals surface area contributed by atoms with E-state index in [0.717, 1.165) is 22.5 Å². The van der Waals surface area contributed by atoms with Gasteiger partial charge in [-0.05, 0) is 30.3 Å². The number of hydrogen-bond acceptors (Lipinski definition) is 4. The van der Waals surface area contributed by atoms with Crippen LogP contribution in [0.4, 0.5) is 5.69 Å². The second-order valence-corrected chi connectivity index (χ2v) is 5.47. The van der Waals surface area contributed by atoms with Crippen LogP contribution in [0.2, 0.25) is 0 Å². The summed E-state index contributed by atoms with van der Waals surface area (Å²) in [6.07, 6.45) is 6.76. The van der Waals surface area contributed by atoms with Crippen molar-refractivity contribution in [1.29, 1.82) is 0 Å². The fourth-order valence-corrected chi connectivity index (χ4v) is 2.56. The van der Waals surface area contributed by atoms with Crippen molar-refractivity contribution >= 4 is 22.5 Å². The molecule has 3 aromatic heterocycles. The molecule has 0 atom stereocenters. The maximum atomic E-state index is 12.4. The number of rotatable bonds is 4. The summed E-state index contributed by atoms with van der Waals surface area (Å²) in [4.78, 5) is 23.8. The first-order valence-corrected chi connectivity index (χ1v) is 7.65. The van der Waals surface area contributed by atoms with Gasteiger partial charge in [0.25, 0.3) is 5.91 Å². The molecule has 25 heavy (non-hydrogen) atoms. The zero-order chi connectivity index (χ0) is 17.2. The number of carbonyl (C=O) groups is 1. The van der Waals surface area contributed by atoms with Crippen molar-refractivity contribution in [1.82, 2.24) is 19.5 Å². The van der Waals surface area contributed by atoms with Crippen LogP contribution in [-0.2, 0) is 0 Å². The highest BCUT2D eigenvalue weighted by Crippen LogP contribution is 2.22. The van der Waals surface area contributed by atoms with E-state index in [1.165, 1.54) is 0 Å². The molecule has 3 heterocycles. The summed E-state index contributed by atoms with van der Waals surface area (Å²) in [6, 6.07) is 11.0. The Labute approximate surface area is 143 Å². The molecule has 4 rings (SSSR count). The van der Waals surface area contributed by atoms with Crippen LogP contribution in [0, 0.1) is 0 Å². The number of aromatic amines is 1. The normalized spacial score (nSPS) is 10.8. The molecule has 0 aliphatic rings. The van der Waals surface area contributed by atoms with E-state index in [2.05, 4.69) is 20.3 Å². The predicted molar refractivity (Wildman–Crippen MR) is 94.2 cm³/mol. The summed E-state index contributed by atoms with van der Waals surface area (Å²) in [7, 11) is 1.61. The molecule has 0 radical (unpaired) electrons. The summed E-state index contributed by atoms with van der Waals surface area (Å²) in [6.45, 7) is 0. The standard InChI is InChI=1S/C18H15N5O2/c1-25-14-4-2-12-8-16(22-15(12)9-14)18(24)21-13-3-5-17(20-10-13)23-7-6-19-11-23/h2-11,22H,1H3,(H,21,24). The lowest BCUT2D eigenvalue weighted by molar-refractivity contribution is 0.102. The highest BCUT2D eigenvalue weighted by molar-refractivity contribution is 6.05. The number of carbonyl (C=O) groups excluding carboxylic acids is 1. The third-order valence-electron chi connectivity index (χ3n) is 3.85. The van der Waals surface area contributed by atoms with Crippen LogP contribution in [0.1, 0.15) is 10.5 Å². The quantitative estimate of drug-likeness (QED) is 0.601. The van der Waals surface area contributed by atoms with E-state index in [-0.39, 0.29) is 5.91 Å². The van der Waals surface area contributed by atoms with Gasteiger partial charge < -0.3 is 15.0 Å². The van der Waals surface area contributed by atoms with E-state index in [4.69, 9.17) is 4.74 Å². The van der Waals surface area contributed by atoms with Gasteiger partial charge in [0.1, 0.15) is 23.6 Å². The molecule has 2 N–H and O–H groups in total. The van der Waals surface area contributed by atoms with Gasteiger partial charge in [0.15, 0.2) is 0 Å². The molecule has 0 bridgehead atoms. The van der Waals surface area contributed by atoms with Crippen molar-refractivity contribution in [3.05, 3.63) is 67.0 Å². The smallest absolute Gasteiger partial charge is 0.272 e. The monoisotopic (exact) mass is 333 g/mol. The van der Waals surface area contributed by atoms with Crippen molar-refractivity contribution in [2.45, 2.75) is 0 Å². The van der Waals surface area contributed by atoms with Crippen molar-refractivity contribution in [2.24, 2.45) is 0 Å². The molecule has 4 aromatic rings. The summed E-state index contributed by atoms with van der Waals surface area (Å²) in [5.74, 6) is 1.24. The van der Waals surface area contributed by atoms with Gasteiger partial charge in [-0.2, -0.15) is 0 Å². The number of ether oxygens (including phenoxy) is 1. The maximum absolute atomic E-state index is 12.4. The van der Waals surface area contributed by atoms with E-state index in [1.807, 2.05) is 24.3 Å². The van der Waals surface area contributed by atoms with E-state index < -0.39 is 0 Å². The lowest BCUT2D eigenvalue weighted by atomic mass is 10.2. The molecular formula is C18H15N5O2. The highest BCUT2D eigenvalue weighted by atomic mass is 16.5. The van der Waals surface area contributed by atoms with Gasteiger partial charge in [-0.15, -0.1) is 0 Å². The molecule has 7 heteroatoms. The lowest BCUT2D eigenvalue weighted by Gasteiger charge is -2.05. The molecule has 0 unspecified atom stereocenters. The Balaban J connectivity index is 1.53. The van der Waals surface area contributed by atoms with Gasteiger partial charge in [0, 0.05) is 29.4 Å². The Morgan fingerprint density at radius 3 is 2.88 bits per heavy atom. The van der Waals surface area contributed by atoms with Crippen LogP contribution >= 0.6 is 0 Å². The Bertz CT molecular complexity index is 1020. The SMILES string of the molecule is COc1ccc2cc(C(=O)Nc3ccc(-n4ccnc4)nc3)[nH]c2c1. The van der Waals surface area contributed by atoms with Gasteiger partial charge in [0.2, 0.25) is 0 Å². The molecule has 0 saturated carbocycles. The number of anilines is 1. The molecule has 0 spiro atoms. The lowest BCUT2D eigenvalue weighted by Crippen LogP contribution is -2.12. The van der Waals surface area contributed by atoms with Crippen molar-refractivity contribution in [3.63, 3.8) is 0 Å². The van der Waals surface area contributed by atoms with Gasteiger partial charge in [-0.1, -0.05) is 0 Å². The first kappa shape index (κ1) is 14.9. The number of pyridine rings is 1. The molecule has 0 aliphatic heterocycles. The number of amides is 1. The molecule has 7 nitrogen and oxygen atoms in total. The Kier molecular flexibility index (Phi) is 3.66. The summed E-state index contributed by atoms with van der Waals surface area (Å²) in [5.41, 5.74) is 1.94. The second kappa shape index (κ2) is 6.12. The average Bonchev–Trinajstić information content (AvgIpc) is 3.31.